The number of benzene rings is 15. The number of nitrogens with zero attached hydrogens (tertiary/aromatic N) is 7. The Hall–Kier alpha value is -14.9. The fourth-order valence-corrected chi connectivity index (χ4v) is 19.4. The van der Waals surface area contributed by atoms with E-state index >= 15 is 0 Å². The molecule has 9 nitrogen and oxygen atoms in total. The van der Waals surface area contributed by atoms with Crippen LogP contribution < -0.4 is 9.47 Å². The summed E-state index contributed by atoms with van der Waals surface area (Å²) in [6.45, 7) is 9.42. The Labute approximate surface area is 685 Å². The minimum absolute atomic E-state index is 0.248. The molecule has 0 radical (unpaired) electrons. The van der Waals surface area contributed by atoms with Crippen molar-refractivity contribution >= 4 is 0 Å². The molecule has 18 aromatic rings. The third-order valence-corrected chi connectivity index (χ3v) is 24.9. The van der Waals surface area contributed by atoms with Gasteiger partial charge in [-0.2, -0.15) is 0 Å². The van der Waals surface area contributed by atoms with E-state index in [1.165, 1.54) is 44.5 Å². The molecule has 118 heavy (non-hydrogen) atoms. The third kappa shape index (κ3) is 11.0. The number of fused-ring (bicyclic) bond motifs is 16. The predicted molar refractivity (Wildman–Crippen MR) is 472 cm³/mol. The number of rotatable bonds is 11. The maximum atomic E-state index is 7.55. The molecule has 3 aromatic heterocycles. The van der Waals surface area contributed by atoms with Crippen LogP contribution in [0.5, 0.6) is 23.0 Å². The average Bonchev–Trinajstić information content (AvgIpc) is 0.681. The lowest BCUT2D eigenvalue weighted by molar-refractivity contribution is 0.425. The van der Waals surface area contributed by atoms with Gasteiger partial charge in [-0.05, 0) is 132 Å². The van der Waals surface area contributed by atoms with Crippen molar-refractivity contribution in [1.29, 1.82) is 0 Å². The summed E-state index contributed by atoms with van der Waals surface area (Å²) in [5.41, 5.74) is 27.3. The molecule has 4 aliphatic rings. The molecule has 558 valence electrons. The van der Waals surface area contributed by atoms with Gasteiger partial charge in [0.05, 0.1) is 16.5 Å². The van der Waals surface area contributed by atoms with E-state index < -0.39 is 10.8 Å². The zero-order valence-corrected chi connectivity index (χ0v) is 65.3. The highest BCUT2D eigenvalue weighted by atomic mass is 16.5. The monoisotopic (exact) mass is 1510 g/mol. The molecular weight excluding hydrogens is 1440 g/mol. The average molecular weight is 1510 g/mol. The van der Waals surface area contributed by atoms with E-state index in [0.717, 1.165) is 134 Å². The number of aromatic nitrogens is 7. The Morgan fingerprint density at radius 1 is 0.195 bits per heavy atom. The quantitative estimate of drug-likeness (QED) is 0.125. The van der Waals surface area contributed by atoms with Gasteiger partial charge in [-0.3, -0.25) is 4.98 Å². The van der Waals surface area contributed by atoms with Crippen LogP contribution in [-0.4, -0.2) is 34.9 Å². The first-order chi connectivity index (χ1) is 58.0. The van der Waals surface area contributed by atoms with E-state index in [0.29, 0.717) is 34.9 Å². The molecule has 0 atom stereocenters. The lowest BCUT2D eigenvalue weighted by atomic mass is 9.53. The Bertz CT molecular complexity index is 6980. The van der Waals surface area contributed by atoms with E-state index in [9.17, 15) is 0 Å². The van der Waals surface area contributed by atoms with Crippen LogP contribution in [0.25, 0.3) is 124 Å². The molecule has 0 saturated carbocycles. The fourth-order valence-electron chi connectivity index (χ4n) is 19.4. The SMILES string of the molecule is CC1(C)c2ccccc2C2(c3ccccc3Oc3ccc(-c4cccc(-c5nc(-c6ccccc6)nc(-c6cccc(-c7ncccc7-c7ccc8c(c7)C7(c9ccccc9C(C)(C)c9ccccc97)c7cccc(-c9ccc(-c%10nc(-c%11ccccc%11)nc(-c%11cccc(-c%12ccccc%12)c%11)n%10)cc9)c7O8)c6)n5)c4)cc32)c2ccccc21. The Morgan fingerprint density at radius 3 is 1.02 bits per heavy atom. The summed E-state index contributed by atoms with van der Waals surface area (Å²) in [5, 5.41) is 0. The molecule has 0 amide bonds. The molecule has 5 heterocycles. The first-order valence-electron chi connectivity index (χ1n) is 40.3. The van der Waals surface area contributed by atoms with E-state index in [2.05, 4.69) is 343 Å². The van der Waals surface area contributed by atoms with Crippen molar-refractivity contribution in [3.05, 3.63) is 449 Å². The lowest BCUT2D eigenvalue weighted by Gasteiger charge is -2.50. The summed E-state index contributed by atoms with van der Waals surface area (Å²) in [5.74, 6) is 6.67. The largest absolute Gasteiger partial charge is 0.457 e. The van der Waals surface area contributed by atoms with Gasteiger partial charge in [-0.1, -0.05) is 349 Å². The van der Waals surface area contributed by atoms with Gasteiger partial charge in [0.25, 0.3) is 0 Å². The summed E-state index contributed by atoms with van der Waals surface area (Å²) in [4.78, 5) is 36.8. The second kappa shape index (κ2) is 27.4. The molecule has 0 fully saturated rings. The molecule has 0 N–H and O–H groups in total. The van der Waals surface area contributed by atoms with Crippen LogP contribution in [0.1, 0.15) is 94.5 Å². The first kappa shape index (κ1) is 69.8. The Balaban J connectivity index is 0.639. The minimum Gasteiger partial charge on any atom is -0.457 e. The van der Waals surface area contributed by atoms with Crippen LogP contribution in [0, 0.1) is 0 Å². The van der Waals surface area contributed by atoms with Crippen LogP contribution in [0.2, 0.25) is 0 Å². The zero-order chi connectivity index (χ0) is 78.9. The third-order valence-electron chi connectivity index (χ3n) is 24.9. The Morgan fingerprint density at radius 2 is 0.508 bits per heavy atom. The van der Waals surface area contributed by atoms with Crippen LogP contribution in [0.4, 0.5) is 0 Å². The lowest BCUT2D eigenvalue weighted by Crippen LogP contribution is -2.43. The minimum atomic E-state index is -0.850. The number of hydrogen-bond donors (Lipinski definition) is 0. The van der Waals surface area contributed by atoms with Crippen LogP contribution in [0.15, 0.2) is 382 Å². The molecule has 15 aromatic carbocycles. The highest BCUT2D eigenvalue weighted by molar-refractivity contribution is 5.89. The predicted octanol–water partition coefficient (Wildman–Crippen LogP) is 26.0. The summed E-state index contributed by atoms with van der Waals surface area (Å²) in [6, 6.07) is 134. The van der Waals surface area contributed by atoms with Gasteiger partial charge in [0.2, 0.25) is 0 Å². The van der Waals surface area contributed by atoms with Gasteiger partial charge in [-0.25, -0.2) is 29.9 Å². The molecule has 0 saturated heterocycles. The van der Waals surface area contributed by atoms with Crippen molar-refractivity contribution in [3.63, 3.8) is 0 Å². The number of ether oxygens (including phenoxy) is 2. The molecule has 2 spiro atoms. The van der Waals surface area contributed by atoms with Gasteiger partial charge in [0.15, 0.2) is 34.9 Å². The van der Waals surface area contributed by atoms with Gasteiger partial charge in [0.1, 0.15) is 23.0 Å². The molecular formula is C109H75N7O2. The normalized spacial score (nSPS) is 14.2. The molecule has 22 rings (SSSR count). The van der Waals surface area contributed by atoms with Gasteiger partial charge in [-0.15, -0.1) is 0 Å². The van der Waals surface area contributed by atoms with Crippen molar-refractivity contribution in [3.8, 4) is 147 Å². The Kier molecular flexibility index (Phi) is 16.2. The summed E-state index contributed by atoms with van der Waals surface area (Å²) in [6.07, 6.45) is 1.88. The molecule has 2 aliphatic heterocycles. The summed E-state index contributed by atoms with van der Waals surface area (Å²) < 4.78 is 14.5. The fraction of sp³-hybridized carbons (Fsp3) is 0.0734. The molecule has 9 heteroatoms. The molecule has 0 unspecified atom stereocenters. The van der Waals surface area contributed by atoms with Crippen LogP contribution in [0.3, 0.4) is 0 Å². The highest BCUT2D eigenvalue weighted by Gasteiger charge is 2.55. The van der Waals surface area contributed by atoms with E-state index in [1.807, 2.05) is 66.9 Å². The second-order valence-corrected chi connectivity index (χ2v) is 32.2. The molecule has 2 aliphatic carbocycles. The number of para-hydroxylation sites is 2. The number of pyridine rings is 1. The van der Waals surface area contributed by atoms with E-state index in [1.54, 1.807) is 0 Å². The summed E-state index contributed by atoms with van der Waals surface area (Å²) in [7, 11) is 0. The maximum Gasteiger partial charge on any atom is 0.164 e. The standard InChI is InChI=1S/C109H75N7O2/c1-106(2)83-43-14-18-47-87(83)108(88-48-19-15-44-84(88)106)91-51-22-23-53-95(91)117-96-60-58-75(66-93(96)108)74-36-25-39-79(64-74)104-113-101(71-33-12-7-13-34-71)114-105(116-104)80-40-26-37-77(65-80)98-81(42-28-62-110-98)76-59-61-97-94(67-76)109(89-49-20-16-45-85(89)107(3,4)86-46-17-21-50-90(86)109)92-52-27-41-82(99(92)118-97)69-54-56-72(57-55-69)102-111-100(70-31-10-6-11-32-70)112-103(115-102)78-38-24-35-73(63-78)68-29-8-5-9-30-68/h5-67H,1-4H3. The van der Waals surface area contributed by atoms with Crippen molar-refractivity contribution in [2.24, 2.45) is 0 Å². The topological polar surface area (TPSA) is 109 Å². The summed E-state index contributed by atoms with van der Waals surface area (Å²) >= 11 is 0. The van der Waals surface area contributed by atoms with Gasteiger partial charge >= 0.3 is 0 Å². The van der Waals surface area contributed by atoms with Crippen LogP contribution >= 0.6 is 0 Å². The molecule has 0 bridgehead atoms. The second-order valence-electron chi connectivity index (χ2n) is 32.2. The van der Waals surface area contributed by atoms with Crippen molar-refractivity contribution < 1.29 is 9.47 Å². The van der Waals surface area contributed by atoms with Gasteiger partial charge < -0.3 is 9.47 Å². The van der Waals surface area contributed by atoms with E-state index in [-0.39, 0.29) is 10.8 Å². The number of hydrogen-bond acceptors (Lipinski definition) is 9. The van der Waals surface area contributed by atoms with E-state index in [4.69, 9.17) is 44.4 Å². The first-order valence-corrected chi connectivity index (χ1v) is 40.3. The smallest absolute Gasteiger partial charge is 0.164 e. The van der Waals surface area contributed by atoms with Crippen LogP contribution in [-0.2, 0) is 21.7 Å². The highest BCUT2D eigenvalue weighted by Crippen LogP contribution is 2.65. The maximum absolute atomic E-state index is 7.55. The zero-order valence-electron chi connectivity index (χ0n) is 65.3. The van der Waals surface area contributed by atoms with Crippen molar-refractivity contribution in [1.82, 2.24) is 34.9 Å². The van der Waals surface area contributed by atoms with Gasteiger partial charge in [0, 0.05) is 89.4 Å². The van der Waals surface area contributed by atoms with Crippen molar-refractivity contribution in [2.45, 2.75) is 49.4 Å². The van der Waals surface area contributed by atoms with Crippen molar-refractivity contribution in [2.75, 3.05) is 0 Å².